The second-order valence-electron chi connectivity index (χ2n) is 4.15. The summed E-state index contributed by atoms with van der Waals surface area (Å²) in [6.07, 6.45) is 1.00. The molecule has 1 aromatic rings. The van der Waals surface area contributed by atoms with E-state index in [1.54, 1.807) is 14.2 Å². The standard InChI is InChI=1S/C14H21NO4/c1-15-11(8-14(16)19-4)7-10-5-6-12(17-2)9-13(10)18-3/h5-6,9,11,15H,7-8H2,1-4H3. The Hall–Kier alpha value is -1.75. The van der Waals surface area contributed by atoms with Gasteiger partial charge in [0.05, 0.1) is 27.8 Å². The Balaban J connectivity index is 2.81. The van der Waals surface area contributed by atoms with Gasteiger partial charge in [0.1, 0.15) is 11.5 Å². The summed E-state index contributed by atoms with van der Waals surface area (Å²) in [5, 5.41) is 3.11. The van der Waals surface area contributed by atoms with Gasteiger partial charge in [0.2, 0.25) is 0 Å². The topological polar surface area (TPSA) is 56.8 Å². The summed E-state index contributed by atoms with van der Waals surface area (Å²) in [5.74, 6) is 1.27. The van der Waals surface area contributed by atoms with Crippen LogP contribution in [0.1, 0.15) is 12.0 Å². The van der Waals surface area contributed by atoms with Crippen molar-refractivity contribution in [3.8, 4) is 11.5 Å². The lowest BCUT2D eigenvalue weighted by Crippen LogP contribution is -2.30. The number of carbonyl (C=O) groups is 1. The van der Waals surface area contributed by atoms with Crippen molar-refractivity contribution in [1.82, 2.24) is 5.32 Å². The van der Waals surface area contributed by atoms with Gasteiger partial charge in [0, 0.05) is 12.1 Å². The molecule has 19 heavy (non-hydrogen) atoms. The van der Waals surface area contributed by atoms with Gasteiger partial charge in [-0.2, -0.15) is 0 Å². The Morgan fingerprint density at radius 3 is 2.53 bits per heavy atom. The summed E-state index contributed by atoms with van der Waals surface area (Å²) in [6.45, 7) is 0. The van der Waals surface area contributed by atoms with E-state index < -0.39 is 0 Å². The fourth-order valence-electron chi connectivity index (χ4n) is 1.85. The predicted molar refractivity (Wildman–Crippen MR) is 72.7 cm³/mol. The molecule has 0 aliphatic heterocycles. The number of methoxy groups -OCH3 is 3. The average Bonchev–Trinajstić information content (AvgIpc) is 2.46. The number of benzene rings is 1. The normalized spacial score (nSPS) is 11.8. The van der Waals surface area contributed by atoms with Crippen LogP contribution >= 0.6 is 0 Å². The summed E-state index contributed by atoms with van der Waals surface area (Å²) in [6, 6.07) is 5.66. The first kappa shape index (κ1) is 15.3. The summed E-state index contributed by atoms with van der Waals surface area (Å²) in [7, 11) is 6.45. The Morgan fingerprint density at radius 2 is 2.00 bits per heavy atom. The number of nitrogens with one attached hydrogen (secondary N) is 1. The Labute approximate surface area is 113 Å². The zero-order valence-corrected chi connectivity index (χ0v) is 11.9. The van der Waals surface area contributed by atoms with Crippen molar-refractivity contribution in [2.45, 2.75) is 18.9 Å². The van der Waals surface area contributed by atoms with Gasteiger partial charge in [-0.25, -0.2) is 0 Å². The van der Waals surface area contributed by atoms with E-state index in [1.165, 1.54) is 7.11 Å². The maximum atomic E-state index is 11.3. The van der Waals surface area contributed by atoms with Crippen LogP contribution in [-0.2, 0) is 16.0 Å². The molecule has 0 aromatic heterocycles. The molecule has 5 nitrogen and oxygen atoms in total. The molecule has 0 aliphatic carbocycles. The maximum absolute atomic E-state index is 11.3. The number of carbonyl (C=O) groups excluding carboxylic acids is 1. The minimum atomic E-state index is -0.230. The molecular weight excluding hydrogens is 246 g/mol. The molecule has 1 atom stereocenters. The van der Waals surface area contributed by atoms with Gasteiger partial charge < -0.3 is 19.5 Å². The van der Waals surface area contributed by atoms with Gasteiger partial charge in [-0.1, -0.05) is 6.07 Å². The second-order valence-corrected chi connectivity index (χ2v) is 4.15. The summed E-state index contributed by atoms with van der Waals surface area (Å²) < 4.78 is 15.2. The molecule has 0 saturated heterocycles. The van der Waals surface area contributed by atoms with Crippen LogP contribution in [-0.4, -0.2) is 40.4 Å². The average molecular weight is 267 g/mol. The highest BCUT2D eigenvalue weighted by atomic mass is 16.5. The zero-order valence-electron chi connectivity index (χ0n) is 11.9. The van der Waals surface area contributed by atoms with Gasteiger partial charge in [0.25, 0.3) is 0 Å². The largest absolute Gasteiger partial charge is 0.497 e. The monoisotopic (exact) mass is 267 g/mol. The number of ether oxygens (including phenoxy) is 3. The molecule has 0 heterocycles. The van der Waals surface area contributed by atoms with Gasteiger partial charge in [-0.3, -0.25) is 4.79 Å². The van der Waals surface area contributed by atoms with Crippen LogP contribution in [0.25, 0.3) is 0 Å². The number of rotatable bonds is 7. The van der Waals surface area contributed by atoms with Crippen molar-refractivity contribution in [2.24, 2.45) is 0 Å². The van der Waals surface area contributed by atoms with Gasteiger partial charge >= 0.3 is 5.97 Å². The number of likely N-dealkylation sites (N-methyl/N-ethyl adjacent to an activating group) is 1. The van der Waals surface area contributed by atoms with E-state index in [0.29, 0.717) is 12.8 Å². The molecule has 1 N–H and O–H groups in total. The van der Waals surface area contributed by atoms with Crippen molar-refractivity contribution < 1.29 is 19.0 Å². The minimum absolute atomic E-state index is 0.00902. The van der Waals surface area contributed by atoms with Crippen molar-refractivity contribution >= 4 is 5.97 Å². The van der Waals surface area contributed by atoms with Crippen molar-refractivity contribution in [3.05, 3.63) is 23.8 Å². The molecular formula is C14H21NO4. The molecule has 1 unspecified atom stereocenters. The van der Waals surface area contributed by atoms with E-state index >= 15 is 0 Å². The summed E-state index contributed by atoms with van der Waals surface area (Å²) in [4.78, 5) is 11.3. The highest BCUT2D eigenvalue weighted by molar-refractivity contribution is 5.70. The molecule has 0 saturated carbocycles. The van der Waals surface area contributed by atoms with E-state index in [9.17, 15) is 4.79 Å². The fraction of sp³-hybridized carbons (Fsp3) is 0.500. The van der Waals surface area contributed by atoms with Crippen molar-refractivity contribution in [2.75, 3.05) is 28.4 Å². The van der Waals surface area contributed by atoms with Crippen molar-refractivity contribution in [1.29, 1.82) is 0 Å². The third kappa shape index (κ3) is 4.44. The van der Waals surface area contributed by atoms with Crippen LogP contribution in [0.5, 0.6) is 11.5 Å². The third-order valence-electron chi connectivity index (χ3n) is 3.01. The molecule has 1 rings (SSSR count). The second kappa shape index (κ2) is 7.63. The van der Waals surface area contributed by atoms with Gasteiger partial charge in [0.15, 0.2) is 0 Å². The van der Waals surface area contributed by atoms with E-state index in [2.05, 4.69) is 10.1 Å². The summed E-state index contributed by atoms with van der Waals surface area (Å²) >= 11 is 0. The van der Waals surface area contributed by atoms with Crippen LogP contribution in [0.3, 0.4) is 0 Å². The smallest absolute Gasteiger partial charge is 0.307 e. The quantitative estimate of drug-likeness (QED) is 0.757. The lowest BCUT2D eigenvalue weighted by atomic mass is 10.0. The fourth-order valence-corrected chi connectivity index (χ4v) is 1.85. The van der Waals surface area contributed by atoms with Crippen LogP contribution in [0, 0.1) is 0 Å². The minimum Gasteiger partial charge on any atom is -0.497 e. The van der Waals surface area contributed by atoms with Gasteiger partial charge in [-0.05, 0) is 25.1 Å². The van der Waals surface area contributed by atoms with Crippen LogP contribution in [0.2, 0.25) is 0 Å². The number of hydrogen-bond donors (Lipinski definition) is 1. The molecule has 1 aromatic carbocycles. The first-order valence-corrected chi connectivity index (χ1v) is 6.09. The van der Waals surface area contributed by atoms with Gasteiger partial charge in [-0.15, -0.1) is 0 Å². The Bertz CT molecular complexity index is 420. The van der Waals surface area contributed by atoms with E-state index in [4.69, 9.17) is 9.47 Å². The van der Waals surface area contributed by atoms with Crippen molar-refractivity contribution in [3.63, 3.8) is 0 Å². The molecule has 0 amide bonds. The predicted octanol–water partition coefficient (Wildman–Crippen LogP) is 1.40. The van der Waals surface area contributed by atoms with Crippen LogP contribution < -0.4 is 14.8 Å². The number of esters is 1. The number of hydrogen-bond acceptors (Lipinski definition) is 5. The van der Waals surface area contributed by atoms with Crippen LogP contribution in [0.4, 0.5) is 0 Å². The van der Waals surface area contributed by atoms with E-state index in [0.717, 1.165) is 17.1 Å². The molecule has 0 spiro atoms. The first-order valence-electron chi connectivity index (χ1n) is 6.09. The maximum Gasteiger partial charge on any atom is 0.307 e. The lowest BCUT2D eigenvalue weighted by Gasteiger charge is -2.17. The van der Waals surface area contributed by atoms with E-state index in [1.807, 2.05) is 25.2 Å². The third-order valence-corrected chi connectivity index (χ3v) is 3.01. The van der Waals surface area contributed by atoms with E-state index in [-0.39, 0.29) is 12.0 Å². The Kier molecular flexibility index (Phi) is 6.15. The SMILES string of the molecule is CNC(CC(=O)OC)Cc1ccc(OC)cc1OC. The Morgan fingerprint density at radius 1 is 1.26 bits per heavy atom. The molecule has 0 fully saturated rings. The zero-order chi connectivity index (χ0) is 14.3. The molecule has 0 radical (unpaired) electrons. The highest BCUT2D eigenvalue weighted by Crippen LogP contribution is 2.26. The molecule has 5 heteroatoms. The van der Waals surface area contributed by atoms with Crippen LogP contribution in [0.15, 0.2) is 18.2 Å². The molecule has 0 bridgehead atoms. The molecule has 106 valence electrons. The summed E-state index contributed by atoms with van der Waals surface area (Å²) in [5.41, 5.74) is 1.02. The first-order chi connectivity index (χ1) is 9.14. The molecule has 0 aliphatic rings. The lowest BCUT2D eigenvalue weighted by molar-refractivity contribution is -0.141. The highest BCUT2D eigenvalue weighted by Gasteiger charge is 2.15.